The van der Waals surface area contributed by atoms with Gasteiger partial charge in [0, 0.05) is 11.6 Å². The van der Waals surface area contributed by atoms with Crippen LogP contribution in [-0.4, -0.2) is 18.6 Å². The predicted molar refractivity (Wildman–Crippen MR) is 108 cm³/mol. The molecule has 26 heavy (non-hydrogen) atoms. The Morgan fingerprint density at radius 3 is 2.46 bits per heavy atom. The van der Waals surface area contributed by atoms with Gasteiger partial charge in [0.2, 0.25) is 0 Å². The number of halogens is 1. The lowest BCUT2D eigenvalue weighted by molar-refractivity contribution is -0.127. The molecule has 0 saturated heterocycles. The van der Waals surface area contributed by atoms with Crippen molar-refractivity contribution in [3.05, 3.63) is 64.2 Å². The number of carbonyl (C=O) groups excluding carboxylic acids is 1. The fraction of sp³-hybridized carbons (Fsp3) is 0.409. The van der Waals surface area contributed by atoms with Crippen LogP contribution >= 0.6 is 11.6 Å². The number of amides is 1. The van der Waals surface area contributed by atoms with Gasteiger partial charge in [-0.25, -0.2) is 0 Å². The van der Waals surface area contributed by atoms with Gasteiger partial charge in [-0.15, -0.1) is 0 Å². The van der Waals surface area contributed by atoms with E-state index in [0.29, 0.717) is 12.5 Å². The summed E-state index contributed by atoms with van der Waals surface area (Å²) in [5, 5.41) is 3.70. The summed E-state index contributed by atoms with van der Waals surface area (Å²) in [6.07, 6.45) is 1.26. The monoisotopic (exact) mass is 373 g/mol. The highest BCUT2D eigenvalue weighted by atomic mass is 35.5. The van der Waals surface area contributed by atoms with E-state index in [1.165, 1.54) is 5.56 Å². The summed E-state index contributed by atoms with van der Waals surface area (Å²) in [6, 6.07) is 14.0. The van der Waals surface area contributed by atoms with Crippen molar-refractivity contribution in [1.82, 2.24) is 5.32 Å². The van der Waals surface area contributed by atoms with E-state index in [4.69, 9.17) is 16.3 Å². The Morgan fingerprint density at radius 1 is 1.12 bits per heavy atom. The molecule has 3 nitrogen and oxygen atoms in total. The van der Waals surface area contributed by atoms with Crippen LogP contribution in [0, 0.1) is 6.92 Å². The molecule has 0 aliphatic carbocycles. The molecule has 1 atom stereocenters. The molecule has 140 valence electrons. The number of ether oxygens (including phenoxy) is 1. The normalized spacial score (nSPS) is 12.1. The van der Waals surface area contributed by atoms with Gasteiger partial charge >= 0.3 is 0 Å². The number of carbonyl (C=O) groups is 1. The van der Waals surface area contributed by atoms with E-state index in [1.54, 1.807) is 6.92 Å². The Bertz CT molecular complexity index is 725. The molecule has 0 fully saturated rings. The summed E-state index contributed by atoms with van der Waals surface area (Å²) < 4.78 is 5.95. The molecule has 0 unspecified atom stereocenters. The summed E-state index contributed by atoms with van der Waals surface area (Å²) in [4.78, 5) is 12.3. The molecule has 2 aromatic carbocycles. The van der Waals surface area contributed by atoms with Gasteiger partial charge < -0.3 is 10.1 Å². The van der Waals surface area contributed by atoms with Crippen LogP contribution in [0.2, 0.25) is 5.02 Å². The highest BCUT2D eigenvalue weighted by Crippen LogP contribution is 2.28. The molecule has 0 bridgehead atoms. The van der Waals surface area contributed by atoms with Crippen molar-refractivity contribution in [3.8, 4) is 5.75 Å². The van der Waals surface area contributed by atoms with Gasteiger partial charge in [0.15, 0.2) is 6.10 Å². The maximum Gasteiger partial charge on any atom is 0.260 e. The Hall–Kier alpha value is -2.00. The molecular weight excluding hydrogens is 346 g/mol. The third-order valence-electron chi connectivity index (χ3n) is 4.32. The fourth-order valence-corrected chi connectivity index (χ4v) is 2.89. The number of nitrogens with one attached hydrogen (secondary N) is 1. The Kier molecular flexibility index (Phi) is 7.52. The van der Waals surface area contributed by atoms with Gasteiger partial charge in [0.1, 0.15) is 5.75 Å². The standard InChI is InChI=1S/C22H28ClNO2/c1-15(2)20-12-7-16(3)14-21(20)26-17(4)22(25)24-13-5-6-18-8-10-19(23)11-9-18/h7-12,14-15,17H,5-6,13H2,1-4H3,(H,24,25)/t17-/m1/s1. The third-order valence-corrected chi connectivity index (χ3v) is 4.57. The largest absolute Gasteiger partial charge is 0.481 e. The molecule has 2 rings (SSSR count). The molecule has 0 saturated carbocycles. The number of hydrogen-bond acceptors (Lipinski definition) is 2. The smallest absolute Gasteiger partial charge is 0.260 e. The average Bonchev–Trinajstić information content (AvgIpc) is 2.59. The van der Waals surface area contributed by atoms with Crippen LogP contribution in [0.1, 0.15) is 49.8 Å². The number of benzene rings is 2. The molecule has 1 N–H and O–H groups in total. The molecule has 0 heterocycles. The summed E-state index contributed by atoms with van der Waals surface area (Å²) in [6.45, 7) is 8.69. The van der Waals surface area contributed by atoms with Crippen molar-refractivity contribution >= 4 is 17.5 Å². The summed E-state index contributed by atoms with van der Waals surface area (Å²) in [7, 11) is 0. The zero-order valence-corrected chi connectivity index (χ0v) is 16.8. The van der Waals surface area contributed by atoms with E-state index in [0.717, 1.165) is 34.7 Å². The van der Waals surface area contributed by atoms with Crippen molar-refractivity contribution in [2.45, 2.75) is 52.6 Å². The fourth-order valence-electron chi connectivity index (χ4n) is 2.76. The highest BCUT2D eigenvalue weighted by Gasteiger charge is 2.17. The van der Waals surface area contributed by atoms with E-state index in [-0.39, 0.29) is 5.91 Å². The van der Waals surface area contributed by atoms with Crippen molar-refractivity contribution in [3.63, 3.8) is 0 Å². The predicted octanol–water partition coefficient (Wildman–Crippen LogP) is 5.29. The second kappa shape index (κ2) is 9.63. The molecular formula is C22H28ClNO2. The first kappa shape index (κ1) is 20.3. The van der Waals surface area contributed by atoms with Crippen molar-refractivity contribution in [2.24, 2.45) is 0 Å². The first-order valence-electron chi connectivity index (χ1n) is 9.16. The minimum Gasteiger partial charge on any atom is -0.481 e. The Balaban J connectivity index is 1.82. The average molecular weight is 374 g/mol. The molecule has 0 radical (unpaired) electrons. The van der Waals surface area contributed by atoms with Gasteiger partial charge in [-0.2, -0.15) is 0 Å². The Morgan fingerprint density at radius 2 is 1.81 bits per heavy atom. The van der Waals surface area contributed by atoms with E-state index >= 15 is 0 Å². The lowest BCUT2D eigenvalue weighted by Crippen LogP contribution is -2.37. The summed E-state index contributed by atoms with van der Waals surface area (Å²) >= 11 is 5.89. The van der Waals surface area contributed by atoms with Gasteiger partial charge in [0.25, 0.3) is 5.91 Å². The SMILES string of the molecule is Cc1ccc(C(C)C)c(O[C@H](C)C(=O)NCCCc2ccc(Cl)cc2)c1. The molecule has 0 aliphatic rings. The first-order chi connectivity index (χ1) is 12.4. The van der Waals surface area contributed by atoms with Crippen LogP contribution in [0.15, 0.2) is 42.5 Å². The van der Waals surface area contributed by atoms with Crippen molar-refractivity contribution in [2.75, 3.05) is 6.54 Å². The lowest BCUT2D eigenvalue weighted by Gasteiger charge is -2.19. The van der Waals surface area contributed by atoms with Crippen molar-refractivity contribution < 1.29 is 9.53 Å². The van der Waals surface area contributed by atoms with Crippen LogP contribution in [0.4, 0.5) is 0 Å². The molecule has 1 amide bonds. The summed E-state index contributed by atoms with van der Waals surface area (Å²) in [5.74, 6) is 1.06. The van der Waals surface area contributed by atoms with Crippen LogP contribution in [0.3, 0.4) is 0 Å². The first-order valence-corrected chi connectivity index (χ1v) is 9.54. The van der Waals surface area contributed by atoms with Crippen LogP contribution < -0.4 is 10.1 Å². The summed E-state index contributed by atoms with van der Waals surface area (Å²) in [5.41, 5.74) is 3.47. The highest BCUT2D eigenvalue weighted by molar-refractivity contribution is 6.30. The number of hydrogen-bond donors (Lipinski definition) is 1. The molecule has 0 spiro atoms. The third kappa shape index (κ3) is 6.06. The Labute approximate surface area is 161 Å². The molecule has 4 heteroatoms. The lowest BCUT2D eigenvalue weighted by atomic mass is 10.0. The minimum absolute atomic E-state index is 0.0858. The van der Waals surface area contributed by atoms with E-state index < -0.39 is 6.10 Å². The maximum absolute atomic E-state index is 12.3. The quantitative estimate of drug-likeness (QED) is 0.638. The maximum atomic E-state index is 12.3. The van der Waals surface area contributed by atoms with Crippen LogP contribution in [-0.2, 0) is 11.2 Å². The topological polar surface area (TPSA) is 38.3 Å². The van der Waals surface area contributed by atoms with Crippen LogP contribution in [0.5, 0.6) is 5.75 Å². The van der Waals surface area contributed by atoms with Gasteiger partial charge in [-0.05, 0) is 67.5 Å². The molecule has 0 aliphatic heterocycles. The van der Waals surface area contributed by atoms with Crippen LogP contribution in [0.25, 0.3) is 0 Å². The second-order valence-corrected chi connectivity index (χ2v) is 7.41. The van der Waals surface area contributed by atoms with Gasteiger partial charge in [-0.3, -0.25) is 4.79 Å². The minimum atomic E-state index is -0.523. The van der Waals surface area contributed by atoms with E-state index in [1.807, 2.05) is 37.3 Å². The zero-order valence-electron chi connectivity index (χ0n) is 16.0. The zero-order chi connectivity index (χ0) is 19.1. The van der Waals surface area contributed by atoms with Crippen molar-refractivity contribution in [1.29, 1.82) is 0 Å². The van der Waals surface area contributed by atoms with E-state index in [9.17, 15) is 4.79 Å². The molecule has 2 aromatic rings. The molecule has 0 aromatic heterocycles. The number of aryl methyl sites for hydroxylation is 2. The van der Waals surface area contributed by atoms with E-state index in [2.05, 4.69) is 31.3 Å². The second-order valence-electron chi connectivity index (χ2n) is 6.98. The van der Waals surface area contributed by atoms with Gasteiger partial charge in [-0.1, -0.05) is 49.7 Å². The van der Waals surface area contributed by atoms with Gasteiger partial charge in [0.05, 0.1) is 0 Å². The number of rotatable bonds is 8.